The summed E-state index contributed by atoms with van der Waals surface area (Å²) in [7, 11) is 0. The molecule has 2 aliphatic heterocycles. The Morgan fingerprint density at radius 1 is 1.31 bits per heavy atom. The standard InChI is InChI=1S/C20H26N4O.HI/c1-2-21-19(24-11-8-20(14-24)9-12-25-15-20)23-13-16-7-10-22-18-6-4-3-5-17(16)18;/h3-7,10H,2,8-9,11-15H2,1H3,(H,21,23);1H. The van der Waals surface area contributed by atoms with Gasteiger partial charge in [-0.3, -0.25) is 4.98 Å². The molecule has 5 nitrogen and oxygen atoms in total. The van der Waals surface area contributed by atoms with Crippen LogP contribution in [0, 0.1) is 5.41 Å². The highest BCUT2D eigenvalue weighted by molar-refractivity contribution is 14.0. The van der Waals surface area contributed by atoms with Crippen molar-refractivity contribution in [1.29, 1.82) is 0 Å². The SMILES string of the molecule is CCNC(=NCc1ccnc2ccccc12)N1CCC2(CCOC2)C1.I. The monoisotopic (exact) mass is 466 g/mol. The minimum absolute atomic E-state index is 0. The molecule has 26 heavy (non-hydrogen) atoms. The van der Waals surface area contributed by atoms with Gasteiger partial charge in [0.25, 0.3) is 0 Å². The lowest BCUT2D eigenvalue weighted by Gasteiger charge is -2.25. The minimum atomic E-state index is 0. The summed E-state index contributed by atoms with van der Waals surface area (Å²) in [6.45, 7) is 7.60. The summed E-state index contributed by atoms with van der Waals surface area (Å²) in [6.07, 6.45) is 4.26. The van der Waals surface area contributed by atoms with E-state index >= 15 is 0 Å². The second kappa shape index (κ2) is 8.52. The number of nitrogens with one attached hydrogen (secondary N) is 1. The van der Waals surface area contributed by atoms with Crippen molar-refractivity contribution in [3.05, 3.63) is 42.1 Å². The van der Waals surface area contributed by atoms with E-state index in [1.165, 1.54) is 23.8 Å². The molecule has 140 valence electrons. The van der Waals surface area contributed by atoms with Crippen molar-refractivity contribution in [2.75, 3.05) is 32.8 Å². The van der Waals surface area contributed by atoms with Crippen LogP contribution in [0.4, 0.5) is 0 Å². The Bertz CT molecular complexity index is 768. The lowest BCUT2D eigenvalue weighted by atomic mass is 9.87. The smallest absolute Gasteiger partial charge is 0.194 e. The molecule has 1 aromatic carbocycles. The average Bonchev–Trinajstić information content (AvgIpc) is 3.29. The highest BCUT2D eigenvalue weighted by Crippen LogP contribution is 2.38. The molecule has 2 fully saturated rings. The molecule has 0 saturated carbocycles. The van der Waals surface area contributed by atoms with Crippen LogP contribution in [0.1, 0.15) is 25.3 Å². The van der Waals surface area contributed by atoms with Crippen LogP contribution in [-0.4, -0.2) is 48.7 Å². The lowest BCUT2D eigenvalue weighted by molar-refractivity contribution is 0.156. The van der Waals surface area contributed by atoms with Gasteiger partial charge < -0.3 is 15.0 Å². The van der Waals surface area contributed by atoms with Crippen molar-refractivity contribution in [2.24, 2.45) is 10.4 Å². The van der Waals surface area contributed by atoms with Gasteiger partial charge in [0.1, 0.15) is 0 Å². The molecule has 4 rings (SSSR count). The molecule has 2 aromatic rings. The molecular weight excluding hydrogens is 439 g/mol. The van der Waals surface area contributed by atoms with Gasteiger partial charge in [-0.2, -0.15) is 0 Å². The van der Waals surface area contributed by atoms with Crippen molar-refractivity contribution < 1.29 is 4.74 Å². The normalized spacial score (nSPS) is 22.8. The Morgan fingerprint density at radius 2 is 2.19 bits per heavy atom. The first kappa shape index (κ1) is 19.4. The fourth-order valence-electron chi connectivity index (χ4n) is 3.97. The maximum absolute atomic E-state index is 5.65. The summed E-state index contributed by atoms with van der Waals surface area (Å²) in [5.74, 6) is 1.02. The number of aromatic nitrogens is 1. The first-order valence-corrected chi connectivity index (χ1v) is 9.23. The van der Waals surface area contributed by atoms with Gasteiger partial charge in [-0.25, -0.2) is 4.99 Å². The molecule has 1 aromatic heterocycles. The van der Waals surface area contributed by atoms with Gasteiger partial charge in [0.15, 0.2) is 5.96 Å². The Hall–Kier alpha value is -1.41. The van der Waals surface area contributed by atoms with Gasteiger partial charge in [-0.05, 0) is 37.5 Å². The first-order chi connectivity index (χ1) is 12.3. The molecule has 1 spiro atoms. The molecule has 0 aliphatic carbocycles. The third kappa shape index (κ3) is 3.96. The van der Waals surface area contributed by atoms with Gasteiger partial charge in [0, 0.05) is 43.2 Å². The van der Waals surface area contributed by atoms with Crippen molar-refractivity contribution >= 4 is 40.8 Å². The second-order valence-electron chi connectivity index (χ2n) is 7.13. The van der Waals surface area contributed by atoms with E-state index in [-0.39, 0.29) is 24.0 Å². The quantitative estimate of drug-likeness (QED) is 0.428. The van der Waals surface area contributed by atoms with Crippen LogP contribution in [0.15, 0.2) is 41.5 Å². The number of guanidine groups is 1. The zero-order valence-electron chi connectivity index (χ0n) is 15.3. The zero-order valence-corrected chi connectivity index (χ0v) is 17.6. The first-order valence-electron chi connectivity index (χ1n) is 9.23. The number of rotatable bonds is 3. The number of fused-ring (bicyclic) bond motifs is 1. The summed E-state index contributed by atoms with van der Waals surface area (Å²) in [6, 6.07) is 10.3. The molecule has 1 atom stereocenters. The molecule has 0 radical (unpaired) electrons. The molecule has 0 amide bonds. The van der Waals surface area contributed by atoms with Crippen molar-refractivity contribution in [3.63, 3.8) is 0 Å². The predicted octanol–water partition coefficient (Wildman–Crippen LogP) is 3.43. The van der Waals surface area contributed by atoms with E-state index in [1.54, 1.807) is 0 Å². The fourth-order valence-corrected chi connectivity index (χ4v) is 3.97. The largest absolute Gasteiger partial charge is 0.381 e. The maximum Gasteiger partial charge on any atom is 0.194 e. The molecule has 3 heterocycles. The lowest BCUT2D eigenvalue weighted by Crippen LogP contribution is -2.41. The highest BCUT2D eigenvalue weighted by atomic mass is 127. The van der Waals surface area contributed by atoms with Gasteiger partial charge in [0.2, 0.25) is 0 Å². The third-order valence-corrected chi connectivity index (χ3v) is 5.40. The third-order valence-electron chi connectivity index (χ3n) is 5.40. The number of hydrogen-bond donors (Lipinski definition) is 1. The Balaban J connectivity index is 0.00000196. The summed E-state index contributed by atoms with van der Waals surface area (Å²) in [5, 5.41) is 4.66. The van der Waals surface area contributed by atoms with E-state index < -0.39 is 0 Å². The van der Waals surface area contributed by atoms with Crippen LogP contribution >= 0.6 is 24.0 Å². The van der Waals surface area contributed by atoms with Crippen LogP contribution in [0.3, 0.4) is 0 Å². The topological polar surface area (TPSA) is 49.8 Å². The van der Waals surface area contributed by atoms with Gasteiger partial charge >= 0.3 is 0 Å². The maximum atomic E-state index is 5.65. The van der Waals surface area contributed by atoms with Crippen LogP contribution in [0.25, 0.3) is 10.9 Å². The molecular formula is C20H27IN4O. The van der Waals surface area contributed by atoms with E-state index in [1.807, 2.05) is 12.3 Å². The van der Waals surface area contributed by atoms with Crippen LogP contribution in [0.2, 0.25) is 0 Å². The average molecular weight is 466 g/mol. The van der Waals surface area contributed by atoms with Crippen LogP contribution < -0.4 is 5.32 Å². The van der Waals surface area contributed by atoms with Crippen LogP contribution in [-0.2, 0) is 11.3 Å². The van der Waals surface area contributed by atoms with E-state index in [2.05, 4.69) is 46.4 Å². The summed E-state index contributed by atoms with van der Waals surface area (Å²) in [4.78, 5) is 11.8. The van der Waals surface area contributed by atoms with E-state index in [0.717, 1.165) is 44.3 Å². The number of para-hydroxylation sites is 1. The van der Waals surface area contributed by atoms with Crippen molar-refractivity contribution in [3.8, 4) is 0 Å². The predicted molar refractivity (Wildman–Crippen MR) is 116 cm³/mol. The zero-order chi connectivity index (χ0) is 17.1. The summed E-state index contributed by atoms with van der Waals surface area (Å²) < 4.78 is 5.65. The number of benzene rings is 1. The van der Waals surface area contributed by atoms with Crippen molar-refractivity contribution in [1.82, 2.24) is 15.2 Å². The summed E-state index contributed by atoms with van der Waals surface area (Å²) in [5.41, 5.74) is 2.60. The van der Waals surface area contributed by atoms with Gasteiger partial charge in [0.05, 0.1) is 18.7 Å². The summed E-state index contributed by atoms with van der Waals surface area (Å²) >= 11 is 0. The molecule has 0 bridgehead atoms. The minimum Gasteiger partial charge on any atom is -0.381 e. The Kier molecular flexibility index (Phi) is 6.34. The van der Waals surface area contributed by atoms with Crippen LogP contribution in [0.5, 0.6) is 0 Å². The second-order valence-corrected chi connectivity index (χ2v) is 7.13. The van der Waals surface area contributed by atoms with E-state index in [4.69, 9.17) is 9.73 Å². The molecule has 1 N–H and O–H groups in total. The number of hydrogen-bond acceptors (Lipinski definition) is 3. The molecule has 6 heteroatoms. The van der Waals surface area contributed by atoms with E-state index in [0.29, 0.717) is 12.0 Å². The number of pyridine rings is 1. The van der Waals surface area contributed by atoms with Crippen molar-refractivity contribution in [2.45, 2.75) is 26.3 Å². The molecule has 1 unspecified atom stereocenters. The molecule has 2 saturated heterocycles. The Morgan fingerprint density at radius 3 is 3.00 bits per heavy atom. The fraction of sp³-hybridized carbons (Fsp3) is 0.500. The number of halogens is 1. The van der Waals surface area contributed by atoms with Gasteiger partial charge in [-0.1, -0.05) is 18.2 Å². The number of aliphatic imine (C=N–C) groups is 1. The molecule has 2 aliphatic rings. The number of nitrogens with zero attached hydrogens (tertiary/aromatic N) is 3. The Labute approximate surface area is 172 Å². The number of ether oxygens (including phenoxy) is 1. The number of likely N-dealkylation sites (tertiary alicyclic amines) is 1. The van der Waals surface area contributed by atoms with E-state index in [9.17, 15) is 0 Å². The van der Waals surface area contributed by atoms with Gasteiger partial charge in [-0.15, -0.1) is 24.0 Å². The highest BCUT2D eigenvalue weighted by Gasteiger charge is 2.42.